The molecule has 3 aromatic rings. The highest BCUT2D eigenvalue weighted by Crippen LogP contribution is 2.12. The van der Waals surface area contributed by atoms with Gasteiger partial charge in [-0.15, -0.1) is 0 Å². The lowest BCUT2D eigenvalue weighted by atomic mass is 10.2. The molecule has 0 bridgehead atoms. The highest BCUT2D eigenvalue weighted by atomic mass is 15.1. The molecule has 84 valence electrons. The van der Waals surface area contributed by atoms with Crippen molar-refractivity contribution in [1.82, 2.24) is 14.5 Å². The average molecular weight is 223 g/mol. The van der Waals surface area contributed by atoms with E-state index >= 15 is 0 Å². The normalized spacial score (nSPS) is 10.9. The molecule has 0 amide bonds. The van der Waals surface area contributed by atoms with E-state index in [0.29, 0.717) is 0 Å². The average Bonchev–Trinajstić information content (AvgIpc) is 2.75. The van der Waals surface area contributed by atoms with E-state index in [9.17, 15) is 0 Å². The summed E-state index contributed by atoms with van der Waals surface area (Å²) in [6, 6.07) is 12.4. The molecule has 0 spiro atoms. The van der Waals surface area contributed by atoms with E-state index < -0.39 is 0 Å². The number of aryl methyl sites for hydroxylation is 1. The first-order chi connectivity index (χ1) is 8.33. The summed E-state index contributed by atoms with van der Waals surface area (Å²) in [5, 5.41) is 1.18. The van der Waals surface area contributed by atoms with E-state index in [-0.39, 0.29) is 0 Å². The zero-order valence-electron chi connectivity index (χ0n) is 9.67. The van der Waals surface area contributed by atoms with Crippen molar-refractivity contribution in [2.24, 2.45) is 0 Å². The van der Waals surface area contributed by atoms with Crippen LogP contribution in [0.15, 0.2) is 48.8 Å². The maximum Gasteiger partial charge on any atom is 0.105 e. The first-order valence-electron chi connectivity index (χ1n) is 5.65. The number of nitrogens with zero attached hydrogens (tertiary/aromatic N) is 3. The minimum Gasteiger partial charge on any atom is -0.329 e. The number of para-hydroxylation sites is 1. The first-order valence-corrected chi connectivity index (χ1v) is 5.65. The zero-order chi connectivity index (χ0) is 11.7. The van der Waals surface area contributed by atoms with Crippen LogP contribution in [0.25, 0.3) is 10.9 Å². The summed E-state index contributed by atoms with van der Waals surface area (Å²) in [5.41, 5.74) is 2.10. The number of benzene rings is 1. The van der Waals surface area contributed by atoms with Crippen LogP contribution in [-0.4, -0.2) is 14.5 Å². The van der Waals surface area contributed by atoms with Crippen molar-refractivity contribution in [3.05, 3.63) is 60.3 Å². The van der Waals surface area contributed by atoms with Crippen molar-refractivity contribution in [2.75, 3.05) is 0 Å². The minimum atomic E-state index is 0.774. The van der Waals surface area contributed by atoms with Crippen molar-refractivity contribution in [2.45, 2.75) is 13.5 Å². The van der Waals surface area contributed by atoms with Crippen LogP contribution in [-0.2, 0) is 6.54 Å². The Kier molecular flexibility index (Phi) is 2.37. The zero-order valence-corrected chi connectivity index (χ0v) is 9.67. The number of aromatic nitrogens is 3. The van der Waals surface area contributed by atoms with Gasteiger partial charge in [0.25, 0.3) is 0 Å². The highest BCUT2D eigenvalue weighted by molar-refractivity contribution is 5.78. The Balaban J connectivity index is 1.99. The molecule has 0 aliphatic heterocycles. The number of rotatable bonds is 2. The molecule has 1 aromatic carbocycles. The lowest BCUT2D eigenvalue weighted by molar-refractivity contribution is 0.745. The van der Waals surface area contributed by atoms with Gasteiger partial charge in [0.2, 0.25) is 0 Å². The van der Waals surface area contributed by atoms with Gasteiger partial charge in [0.05, 0.1) is 17.8 Å². The third-order valence-electron chi connectivity index (χ3n) is 2.91. The predicted octanol–water partition coefficient (Wildman–Crippen LogP) is 2.79. The summed E-state index contributed by atoms with van der Waals surface area (Å²) >= 11 is 0. The van der Waals surface area contributed by atoms with Crippen LogP contribution in [0.2, 0.25) is 0 Å². The van der Waals surface area contributed by atoms with Crippen molar-refractivity contribution in [1.29, 1.82) is 0 Å². The monoisotopic (exact) mass is 223 g/mol. The van der Waals surface area contributed by atoms with Crippen molar-refractivity contribution < 1.29 is 0 Å². The van der Waals surface area contributed by atoms with E-state index in [1.54, 1.807) is 0 Å². The Morgan fingerprint density at radius 1 is 1.12 bits per heavy atom. The molecule has 0 radical (unpaired) electrons. The summed E-state index contributed by atoms with van der Waals surface area (Å²) < 4.78 is 2.09. The maximum absolute atomic E-state index is 4.64. The molecule has 0 unspecified atom stereocenters. The standard InChI is InChI=1S/C14H13N3/c1-11-15-8-9-17(11)10-13-7-6-12-4-2-3-5-14(12)16-13/h2-9H,10H2,1H3. The van der Waals surface area contributed by atoms with Crippen LogP contribution in [0.4, 0.5) is 0 Å². The molecule has 0 fully saturated rings. The Bertz CT molecular complexity index is 655. The van der Waals surface area contributed by atoms with Gasteiger partial charge < -0.3 is 4.57 Å². The van der Waals surface area contributed by atoms with Gasteiger partial charge in [0.15, 0.2) is 0 Å². The quantitative estimate of drug-likeness (QED) is 0.668. The van der Waals surface area contributed by atoms with Crippen molar-refractivity contribution in [3.8, 4) is 0 Å². The van der Waals surface area contributed by atoms with Crippen LogP contribution in [0, 0.1) is 6.92 Å². The summed E-state index contributed by atoms with van der Waals surface area (Å²) in [4.78, 5) is 8.85. The summed E-state index contributed by atoms with van der Waals surface area (Å²) in [6.45, 7) is 2.78. The number of pyridine rings is 1. The van der Waals surface area contributed by atoms with Crippen LogP contribution in [0.5, 0.6) is 0 Å². The number of fused-ring (bicyclic) bond motifs is 1. The Hall–Kier alpha value is -2.16. The van der Waals surface area contributed by atoms with Gasteiger partial charge in [0, 0.05) is 17.8 Å². The third-order valence-corrected chi connectivity index (χ3v) is 2.91. The lowest BCUT2D eigenvalue weighted by Crippen LogP contribution is -2.02. The maximum atomic E-state index is 4.64. The molecule has 0 atom stereocenters. The molecule has 0 saturated carbocycles. The number of imidazole rings is 1. The predicted molar refractivity (Wildman–Crippen MR) is 67.8 cm³/mol. The van der Waals surface area contributed by atoms with E-state index in [2.05, 4.69) is 32.7 Å². The Morgan fingerprint density at radius 3 is 2.82 bits per heavy atom. The molecule has 0 aliphatic rings. The highest BCUT2D eigenvalue weighted by Gasteiger charge is 2.01. The van der Waals surface area contributed by atoms with Gasteiger partial charge in [-0.3, -0.25) is 4.98 Å². The molecular formula is C14H13N3. The molecule has 17 heavy (non-hydrogen) atoms. The van der Waals surface area contributed by atoms with Gasteiger partial charge in [-0.05, 0) is 19.1 Å². The molecule has 0 aliphatic carbocycles. The first kappa shape index (κ1) is 10.0. The second-order valence-electron chi connectivity index (χ2n) is 4.10. The summed E-state index contributed by atoms with van der Waals surface area (Å²) in [5.74, 6) is 1.01. The fourth-order valence-electron chi connectivity index (χ4n) is 1.94. The molecule has 2 aromatic heterocycles. The minimum absolute atomic E-state index is 0.774. The third kappa shape index (κ3) is 1.91. The smallest absolute Gasteiger partial charge is 0.105 e. The second kappa shape index (κ2) is 4.01. The summed E-state index contributed by atoms with van der Waals surface area (Å²) in [6.07, 6.45) is 3.79. The molecule has 3 nitrogen and oxygen atoms in total. The van der Waals surface area contributed by atoms with Crippen LogP contribution < -0.4 is 0 Å². The van der Waals surface area contributed by atoms with Gasteiger partial charge in [-0.1, -0.05) is 24.3 Å². The van der Waals surface area contributed by atoms with Gasteiger partial charge in [0.1, 0.15) is 5.82 Å². The topological polar surface area (TPSA) is 30.7 Å². The van der Waals surface area contributed by atoms with Gasteiger partial charge >= 0.3 is 0 Å². The largest absolute Gasteiger partial charge is 0.329 e. The lowest BCUT2D eigenvalue weighted by Gasteiger charge is -2.05. The van der Waals surface area contributed by atoms with Gasteiger partial charge in [-0.2, -0.15) is 0 Å². The van der Waals surface area contributed by atoms with Crippen molar-refractivity contribution in [3.63, 3.8) is 0 Å². The fourth-order valence-corrected chi connectivity index (χ4v) is 1.94. The van der Waals surface area contributed by atoms with E-state index in [1.165, 1.54) is 5.39 Å². The second-order valence-corrected chi connectivity index (χ2v) is 4.10. The Labute approximate surface area is 99.8 Å². The number of hydrogen-bond acceptors (Lipinski definition) is 2. The van der Waals surface area contributed by atoms with Crippen LogP contribution in [0.3, 0.4) is 0 Å². The van der Waals surface area contributed by atoms with Gasteiger partial charge in [-0.25, -0.2) is 4.98 Å². The van der Waals surface area contributed by atoms with Crippen molar-refractivity contribution >= 4 is 10.9 Å². The summed E-state index contributed by atoms with van der Waals surface area (Å²) in [7, 11) is 0. The molecular weight excluding hydrogens is 210 g/mol. The van der Waals surface area contributed by atoms with E-state index in [1.807, 2.05) is 37.5 Å². The molecule has 3 rings (SSSR count). The molecule has 2 heterocycles. The fraction of sp³-hybridized carbons (Fsp3) is 0.143. The van der Waals surface area contributed by atoms with E-state index in [0.717, 1.165) is 23.6 Å². The number of hydrogen-bond donors (Lipinski definition) is 0. The van der Waals surface area contributed by atoms with Crippen LogP contribution >= 0.6 is 0 Å². The van der Waals surface area contributed by atoms with Crippen LogP contribution in [0.1, 0.15) is 11.5 Å². The Morgan fingerprint density at radius 2 is 2.00 bits per heavy atom. The molecule has 3 heteroatoms. The molecule has 0 saturated heterocycles. The van der Waals surface area contributed by atoms with E-state index in [4.69, 9.17) is 0 Å². The molecule has 0 N–H and O–H groups in total. The SMILES string of the molecule is Cc1nccn1Cc1ccc2ccccc2n1.